The van der Waals surface area contributed by atoms with E-state index in [1.165, 1.54) is 6.34 Å². The van der Waals surface area contributed by atoms with E-state index in [1.54, 1.807) is 36.2 Å². The Morgan fingerprint density at radius 2 is 1.79 bits per heavy atom. The summed E-state index contributed by atoms with van der Waals surface area (Å²) >= 11 is 0. The molecule has 0 bridgehead atoms. The molecular formula is C18H18N2O4. The van der Waals surface area contributed by atoms with E-state index >= 15 is 0 Å². The second kappa shape index (κ2) is 8.47. The molecule has 2 aromatic carbocycles. The van der Waals surface area contributed by atoms with Gasteiger partial charge in [-0.2, -0.15) is 0 Å². The molecule has 0 fully saturated rings. The Labute approximate surface area is 140 Å². The van der Waals surface area contributed by atoms with Crippen molar-refractivity contribution in [2.45, 2.75) is 6.61 Å². The topological polar surface area (TPSA) is 79.2 Å². The van der Waals surface area contributed by atoms with Crippen LogP contribution in [-0.2, 0) is 16.1 Å². The average molecular weight is 326 g/mol. The third kappa shape index (κ3) is 5.24. The van der Waals surface area contributed by atoms with Crippen LogP contribution >= 0.6 is 0 Å². The molecule has 0 heterocycles. The van der Waals surface area contributed by atoms with Crippen LogP contribution < -0.4 is 4.90 Å². The van der Waals surface area contributed by atoms with Crippen molar-refractivity contribution < 1.29 is 19.4 Å². The number of esters is 1. The zero-order valence-electron chi connectivity index (χ0n) is 13.3. The van der Waals surface area contributed by atoms with Crippen molar-refractivity contribution >= 4 is 24.0 Å². The van der Waals surface area contributed by atoms with E-state index in [0.717, 1.165) is 11.3 Å². The highest BCUT2D eigenvalue weighted by Crippen LogP contribution is 2.14. The number of benzene rings is 2. The lowest BCUT2D eigenvalue weighted by atomic mass is 10.2. The predicted octanol–water partition coefficient (Wildman–Crippen LogP) is 2.59. The second-order valence-electron chi connectivity index (χ2n) is 5.07. The monoisotopic (exact) mass is 326 g/mol. The number of hydrogen-bond donors (Lipinski definition) is 1. The molecule has 0 unspecified atom stereocenters. The van der Waals surface area contributed by atoms with Crippen molar-refractivity contribution in [3.63, 3.8) is 0 Å². The third-order valence-electron chi connectivity index (χ3n) is 3.20. The van der Waals surface area contributed by atoms with Crippen molar-refractivity contribution in [2.75, 3.05) is 18.5 Å². The number of aliphatic carboxylic acids is 1. The molecule has 0 aromatic heterocycles. The SMILES string of the molecule is CN(/C=N/CC(=O)O)c1ccc(C(=O)OCc2ccccc2)cc1. The number of carbonyl (C=O) groups excluding carboxylic acids is 1. The van der Waals surface area contributed by atoms with Gasteiger partial charge in [-0.3, -0.25) is 9.79 Å². The van der Waals surface area contributed by atoms with Crippen LogP contribution in [0.4, 0.5) is 5.69 Å². The summed E-state index contributed by atoms with van der Waals surface area (Å²) in [6, 6.07) is 16.3. The number of rotatable bonds is 7. The van der Waals surface area contributed by atoms with Gasteiger partial charge in [0.15, 0.2) is 0 Å². The summed E-state index contributed by atoms with van der Waals surface area (Å²) in [5.74, 6) is -1.39. The Morgan fingerprint density at radius 3 is 2.42 bits per heavy atom. The van der Waals surface area contributed by atoms with Crippen molar-refractivity contribution in [3.05, 3.63) is 65.7 Å². The summed E-state index contributed by atoms with van der Waals surface area (Å²) in [5, 5.41) is 8.54. The van der Waals surface area contributed by atoms with Crippen molar-refractivity contribution in [2.24, 2.45) is 4.99 Å². The maximum atomic E-state index is 12.0. The first-order chi connectivity index (χ1) is 11.6. The summed E-state index contributed by atoms with van der Waals surface area (Å²) < 4.78 is 5.26. The number of carboxylic acids is 1. The van der Waals surface area contributed by atoms with Gasteiger partial charge in [0.05, 0.1) is 11.9 Å². The lowest BCUT2D eigenvalue weighted by Crippen LogP contribution is -2.15. The number of carboxylic acid groups (broad SMARTS) is 1. The molecule has 0 atom stereocenters. The van der Waals surface area contributed by atoms with Gasteiger partial charge in [0, 0.05) is 12.7 Å². The molecule has 1 N–H and O–H groups in total. The van der Waals surface area contributed by atoms with Gasteiger partial charge in [0.25, 0.3) is 0 Å². The molecular weight excluding hydrogens is 308 g/mol. The minimum atomic E-state index is -0.990. The Morgan fingerprint density at radius 1 is 1.12 bits per heavy atom. The number of nitrogens with zero attached hydrogens (tertiary/aromatic N) is 2. The van der Waals surface area contributed by atoms with Crippen LogP contribution in [0.5, 0.6) is 0 Å². The Bertz CT molecular complexity index is 712. The number of carbonyl (C=O) groups is 2. The van der Waals surface area contributed by atoms with Crippen LogP contribution in [0.2, 0.25) is 0 Å². The zero-order valence-corrected chi connectivity index (χ0v) is 13.3. The first-order valence-corrected chi connectivity index (χ1v) is 7.32. The van der Waals surface area contributed by atoms with Crippen LogP contribution in [0.3, 0.4) is 0 Å². The Hall–Kier alpha value is -3.15. The van der Waals surface area contributed by atoms with E-state index in [9.17, 15) is 9.59 Å². The maximum Gasteiger partial charge on any atom is 0.338 e. The average Bonchev–Trinajstić information content (AvgIpc) is 2.60. The van der Waals surface area contributed by atoms with E-state index in [2.05, 4.69) is 4.99 Å². The number of hydrogen-bond acceptors (Lipinski definition) is 4. The van der Waals surface area contributed by atoms with Gasteiger partial charge in [0.1, 0.15) is 13.2 Å². The van der Waals surface area contributed by atoms with Gasteiger partial charge in [0.2, 0.25) is 0 Å². The Balaban J connectivity index is 1.92. The highest BCUT2D eigenvalue weighted by Gasteiger charge is 2.08. The van der Waals surface area contributed by atoms with Gasteiger partial charge in [-0.05, 0) is 29.8 Å². The largest absolute Gasteiger partial charge is 0.480 e. The minimum absolute atomic E-state index is 0.225. The highest BCUT2D eigenvalue weighted by atomic mass is 16.5. The molecule has 6 heteroatoms. The summed E-state index contributed by atoms with van der Waals surface area (Å²) in [6.07, 6.45) is 1.43. The molecule has 0 saturated heterocycles. The van der Waals surface area contributed by atoms with E-state index in [-0.39, 0.29) is 13.2 Å². The molecule has 0 radical (unpaired) electrons. The first-order valence-electron chi connectivity index (χ1n) is 7.32. The maximum absolute atomic E-state index is 12.0. The van der Waals surface area contributed by atoms with Crippen molar-refractivity contribution in [1.82, 2.24) is 0 Å². The molecule has 0 amide bonds. The number of anilines is 1. The lowest BCUT2D eigenvalue weighted by Gasteiger charge is -2.13. The fraction of sp³-hybridized carbons (Fsp3) is 0.167. The molecule has 0 aliphatic rings. The minimum Gasteiger partial charge on any atom is -0.480 e. The quantitative estimate of drug-likeness (QED) is 0.481. The molecule has 24 heavy (non-hydrogen) atoms. The van der Waals surface area contributed by atoms with Gasteiger partial charge in [-0.15, -0.1) is 0 Å². The zero-order chi connectivity index (χ0) is 17.4. The number of aliphatic imine (C=N–C) groups is 1. The summed E-state index contributed by atoms with van der Waals surface area (Å²) in [4.78, 5) is 27.9. The molecule has 6 nitrogen and oxygen atoms in total. The second-order valence-corrected chi connectivity index (χ2v) is 5.07. The molecule has 124 valence electrons. The molecule has 2 rings (SSSR count). The van der Waals surface area contributed by atoms with Crippen LogP contribution in [0.15, 0.2) is 59.6 Å². The molecule has 0 aliphatic heterocycles. The number of ether oxygens (including phenoxy) is 1. The van der Waals surface area contributed by atoms with Crippen LogP contribution in [0.1, 0.15) is 15.9 Å². The molecule has 0 aliphatic carbocycles. The fourth-order valence-electron chi connectivity index (χ4n) is 1.95. The summed E-state index contributed by atoms with van der Waals surface area (Å²) in [6.45, 7) is -0.0581. The van der Waals surface area contributed by atoms with Crippen LogP contribution in [-0.4, -0.2) is 37.0 Å². The van der Waals surface area contributed by atoms with Crippen molar-refractivity contribution in [1.29, 1.82) is 0 Å². The highest BCUT2D eigenvalue weighted by molar-refractivity contribution is 5.90. The smallest absolute Gasteiger partial charge is 0.338 e. The van der Waals surface area contributed by atoms with Gasteiger partial charge >= 0.3 is 11.9 Å². The van der Waals surface area contributed by atoms with Gasteiger partial charge in [-0.1, -0.05) is 30.3 Å². The molecule has 0 saturated carbocycles. The lowest BCUT2D eigenvalue weighted by molar-refractivity contribution is -0.135. The normalized spacial score (nSPS) is 10.5. The van der Waals surface area contributed by atoms with Gasteiger partial charge < -0.3 is 14.7 Å². The fourth-order valence-corrected chi connectivity index (χ4v) is 1.95. The summed E-state index contributed by atoms with van der Waals surface area (Å²) in [7, 11) is 1.74. The van der Waals surface area contributed by atoms with E-state index in [0.29, 0.717) is 5.56 Å². The van der Waals surface area contributed by atoms with Crippen molar-refractivity contribution in [3.8, 4) is 0 Å². The molecule has 2 aromatic rings. The van der Waals surface area contributed by atoms with Crippen LogP contribution in [0, 0.1) is 0 Å². The third-order valence-corrected chi connectivity index (χ3v) is 3.20. The Kier molecular flexibility index (Phi) is 6.08. The summed E-state index contributed by atoms with van der Waals surface area (Å²) in [5.41, 5.74) is 2.16. The predicted molar refractivity (Wildman–Crippen MR) is 91.4 cm³/mol. The first kappa shape index (κ1) is 17.2. The van der Waals surface area contributed by atoms with E-state index in [4.69, 9.17) is 9.84 Å². The van der Waals surface area contributed by atoms with Crippen LogP contribution in [0.25, 0.3) is 0 Å². The molecule has 0 spiro atoms. The standard InChI is InChI=1S/C18H18N2O4/c1-20(13-19-11-17(21)22)16-9-7-15(8-10-16)18(23)24-12-14-5-3-2-4-6-14/h2-10,13H,11-12H2,1H3,(H,21,22)/b19-13+. The van der Waals surface area contributed by atoms with E-state index in [1.807, 2.05) is 30.3 Å². The van der Waals surface area contributed by atoms with E-state index < -0.39 is 11.9 Å². The van der Waals surface area contributed by atoms with Gasteiger partial charge in [-0.25, -0.2) is 4.79 Å².